The van der Waals surface area contributed by atoms with E-state index in [9.17, 15) is 9.65 Å². The summed E-state index contributed by atoms with van der Waals surface area (Å²) >= 11 is 1.38. The predicted molar refractivity (Wildman–Crippen MR) is 98.4 cm³/mol. The molecular formula is C19H15FN4S. The highest BCUT2D eigenvalue weighted by Crippen LogP contribution is 2.30. The molecule has 0 aliphatic rings. The molecule has 6 heteroatoms. The lowest BCUT2D eigenvalue weighted by atomic mass is 10.1. The van der Waals surface area contributed by atoms with Crippen LogP contribution in [0, 0.1) is 24.1 Å². The number of aromatic nitrogens is 2. The standard InChI is InChI=1S/C19H15FN4S/c1-12-3-9-15(10-4-12)22-18-16(11-21)17(23-19(24-18)25-2)13-5-7-14(20)8-6-13/h3-10H,1-2H3,(H,22,23,24). The number of rotatable bonds is 4. The Kier molecular flexibility index (Phi) is 4.96. The highest BCUT2D eigenvalue weighted by atomic mass is 32.2. The Hall–Kier alpha value is -2.91. The number of nitriles is 1. The smallest absolute Gasteiger partial charge is 0.189 e. The van der Waals surface area contributed by atoms with Crippen molar-refractivity contribution in [2.24, 2.45) is 0 Å². The summed E-state index contributed by atoms with van der Waals surface area (Å²) in [5.41, 5.74) is 3.45. The van der Waals surface area contributed by atoms with E-state index in [-0.39, 0.29) is 5.82 Å². The Morgan fingerprint density at radius 3 is 2.32 bits per heavy atom. The van der Waals surface area contributed by atoms with Gasteiger partial charge in [0.1, 0.15) is 17.4 Å². The number of nitrogens with one attached hydrogen (secondary N) is 1. The number of thioether (sulfide) groups is 1. The molecule has 124 valence electrons. The van der Waals surface area contributed by atoms with Crippen molar-refractivity contribution in [3.63, 3.8) is 0 Å². The molecule has 0 spiro atoms. The van der Waals surface area contributed by atoms with Crippen molar-refractivity contribution in [2.75, 3.05) is 11.6 Å². The van der Waals surface area contributed by atoms with Crippen LogP contribution in [-0.2, 0) is 0 Å². The maximum atomic E-state index is 13.2. The fourth-order valence-electron chi connectivity index (χ4n) is 2.32. The fraction of sp³-hybridized carbons (Fsp3) is 0.105. The van der Waals surface area contributed by atoms with Gasteiger partial charge < -0.3 is 5.32 Å². The van der Waals surface area contributed by atoms with Crippen molar-refractivity contribution >= 4 is 23.3 Å². The normalized spacial score (nSPS) is 10.3. The molecule has 25 heavy (non-hydrogen) atoms. The molecular weight excluding hydrogens is 335 g/mol. The minimum atomic E-state index is -0.334. The van der Waals surface area contributed by atoms with E-state index >= 15 is 0 Å². The number of hydrogen-bond donors (Lipinski definition) is 1. The van der Waals surface area contributed by atoms with Crippen molar-refractivity contribution in [1.82, 2.24) is 9.97 Å². The van der Waals surface area contributed by atoms with E-state index in [2.05, 4.69) is 21.4 Å². The first-order valence-electron chi connectivity index (χ1n) is 7.56. The number of hydrogen-bond acceptors (Lipinski definition) is 5. The Morgan fingerprint density at radius 1 is 1.04 bits per heavy atom. The van der Waals surface area contributed by atoms with E-state index < -0.39 is 0 Å². The summed E-state index contributed by atoms with van der Waals surface area (Å²) < 4.78 is 13.2. The maximum absolute atomic E-state index is 13.2. The number of benzene rings is 2. The highest BCUT2D eigenvalue weighted by Gasteiger charge is 2.16. The van der Waals surface area contributed by atoms with Crippen molar-refractivity contribution in [1.29, 1.82) is 5.26 Å². The van der Waals surface area contributed by atoms with Gasteiger partial charge in [-0.3, -0.25) is 0 Å². The zero-order chi connectivity index (χ0) is 17.8. The number of aryl methyl sites for hydroxylation is 1. The van der Waals surface area contributed by atoms with Crippen LogP contribution in [0.25, 0.3) is 11.3 Å². The van der Waals surface area contributed by atoms with Crippen molar-refractivity contribution in [2.45, 2.75) is 12.1 Å². The third kappa shape index (κ3) is 3.78. The molecule has 4 nitrogen and oxygen atoms in total. The topological polar surface area (TPSA) is 61.6 Å². The van der Waals surface area contributed by atoms with Crippen LogP contribution in [0.1, 0.15) is 11.1 Å². The number of nitrogens with zero attached hydrogens (tertiary/aromatic N) is 3. The van der Waals surface area contributed by atoms with E-state index in [0.717, 1.165) is 11.3 Å². The van der Waals surface area contributed by atoms with Crippen LogP contribution >= 0.6 is 11.8 Å². The lowest BCUT2D eigenvalue weighted by Gasteiger charge is -2.12. The zero-order valence-electron chi connectivity index (χ0n) is 13.7. The van der Waals surface area contributed by atoms with Crippen LogP contribution in [0.4, 0.5) is 15.9 Å². The van der Waals surface area contributed by atoms with Gasteiger partial charge in [-0.2, -0.15) is 5.26 Å². The molecule has 1 aromatic heterocycles. The molecule has 0 aliphatic heterocycles. The molecule has 1 N–H and O–H groups in total. The molecule has 0 unspecified atom stereocenters. The molecule has 0 radical (unpaired) electrons. The fourth-order valence-corrected chi connectivity index (χ4v) is 2.68. The number of anilines is 2. The zero-order valence-corrected chi connectivity index (χ0v) is 14.6. The summed E-state index contributed by atoms with van der Waals surface area (Å²) in [6.45, 7) is 2.01. The van der Waals surface area contributed by atoms with Gasteiger partial charge in [0.15, 0.2) is 11.0 Å². The quantitative estimate of drug-likeness (QED) is 0.534. The third-order valence-corrected chi connectivity index (χ3v) is 4.16. The SMILES string of the molecule is CSc1nc(Nc2ccc(C)cc2)c(C#N)c(-c2ccc(F)cc2)n1. The predicted octanol–water partition coefficient (Wildman–Crippen LogP) is 4.93. The van der Waals surface area contributed by atoms with Gasteiger partial charge in [0.05, 0.1) is 5.69 Å². The summed E-state index contributed by atoms with van der Waals surface area (Å²) in [4.78, 5) is 8.87. The van der Waals surface area contributed by atoms with E-state index in [1.165, 1.54) is 23.9 Å². The molecule has 0 fully saturated rings. The molecule has 2 aromatic carbocycles. The van der Waals surface area contributed by atoms with Crippen LogP contribution < -0.4 is 5.32 Å². The lowest BCUT2D eigenvalue weighted by Crippen LogP contribution is -2.03. The van der Waals surface area contributed by atoms with E-state index in [0.29, 0.717) is 27.8 Å². The lowest BCUT2D eigenvalue weighted by molar-refractivity contribution is 0.628. The minimum Gasteiger partial charge on any atom is -0.339 e. The summed E-state index contributed by atoms with van der Waals surface area (Å²) in [5.74, 6) is 0.101. The monoisotopic (exact) mass is 350 g/mol. The number of halogens is 1. The average Bonchev–Trinajstić information content (AvgIpc) is 2.63. The van der Waals surface area contributed by atoms with Gasteiger partial charge in [-0.15, -0.1) is 0 Å². The Balaban J connectivity index is 2.11. The molecule has 3 aromatic rings. The first-order chi connectivity index (χ1) is 12.1. The van der Waals surface area contributed by atoms with Crippen LogP contribution in [0.2, 0.25) is 0 Å². The van der Waals surface area contributed by atoms with Crippen LogP contribution in [0.3, 0.4) is 0 Å². The van der Waals surface area contributed by atoms with Gasteiger partial charge in [-0.25, -0.2) is 14.4 Å². The Labute approximate surface area is 149 Å². The van der Waals surface area contributed by atoms with Crippen molar-refractivity contribution < 1.29 is 4.39 Å². The van der Waals surface area contributed by atoms with Gasteiger partial charge in [-0.1, -0.05) is 29.5 Å². The largest absolute Gasteiger partial charge is 0.339 e. The second-order valence-corrected chi connectivity index (χ2v) is 6.17. The van der Waals surface area contributed by atoms with Gasteiger partial charge in [-0.05, 0) is 49.6 Å². The molecule has 0 bridgehead atoms. The molecule has 0 aliphatic carbocycles. The summed E-state index contributed by atoms with van der Waals surface area (Å²) in [5, 5.41) is 13.4. The Bertz CT molecular complexity index is 931. The van der Waals surface area contributed by atoms with Crippen LogP contribution in [0.15, 0.2) is 53.7 Å². The van der Waals surface area contributed by atoms with Crippen LogP contribution in [-0.4, -0.2) is 16.2 Å². The van der Waals surface area contributed by atoms with E-state index in [1.54, 1.807) is 12.1 Å². The molecule has 0 amide bonds. The molecule has 3 rings (SSSR count). The first kappa shape index (κ1) is 16.9. The Morgan fingerprint density at radius 2 is 1.72 bits per heavy atom. The van der Waals surface area contributed by atoms with Crippen molar-refractivity contribution in [3.8, 4) is 17.3 Å². The second kappa shape index (κ2) is 7.32. The van der Waals surface area contributed by atoms with Gasteiger partial charge in [0, 0.05) is 11.3 Å². The highest BCUT2D eigenvalue weighted by molar-refractivity contribution is 7.98. The minimum absolute atomic E-state index is 0.324. The van der Waals surface area contributed by atoms with E-state index in [4.69, 9.17) is 0 Å². The first-order valence-corrected chi connectivity index (χ1v) is 8.79. The van der Waals surface area contributed by atoms with Gasteiger partial charge in [0.25, 0.3) is 0 Å². The van der Waals surface area contributed by atoms with Gasteiger partial charge >= 0.3 is 0 Å². The van der Waals surface area contributed by atoms with E-state index in [1.807, 2.05) is 37.4 Å². The summed E-state index contributed by atoms with van der Waals surface area (Å²) in [6, 6.07) is 15.9. The van der Waals surface area contributed by atoms with Gasteiger partial charge in [0.2, 0.25) is 0 Å². The average molecular weight is 350 g/mol. The van der Waals surface area contributed by atoms with Crippen molar-refractivity contribution in [3.05, 3.63) is 65.5 Å². The maximum Gasteiger partial charge on any atom is 0.189 e. The molecule has 0 saturated carbocycles. The molecule has 0 atom stereocenters. The molecule has 0 saturated heterocycles. The van der Waals surface area contributed by atoms with Crippen LogP contribution in [0.5, 0.6) is 0 Å². The third-order valence-electron chi connectivity index (χ3n) is 3.61. The molecule has 1 heterocycles. The summed E-state index contributed by atoms with van der Waals surface area (Å²) in [6.07, 6.45) is 1.87. The second-order valence-electron chi connectivity index (χ2n) is 5.39. The summed E-state index contributed by atoms with van der Waals surface area (Å²) in [7, 11) is 0.